The Balaban J connectivity index is 1.31. The molecule has 4 fully saturated rings. The van der Waals surface area contributed by atoms with Gasteiger partial charge in [0, 0.05) is 31.2 Å². The molecule has 3 aliphatic carbocycles. The number of rotatable bonds is 6. The zero-order chi connectivity index (χ0) is 28.6. The highest BCUT2D eigenvalue weighted by Crippen LogP contribution is 2.50. The van der Waals surface area contributed by atoms with Crippen LogP contribution in [0.3, 0.4) is 0 Å². The Morgan fingerprint density at radius 1 is 0.927 bits per heavy atom. The molecular formula is C33H49N5O3. The van der Waals surface area contributed by atoms with E-state index in [1.807, 2.05) is 42.1 Å². The molecule has 2 N–H and O–H groups in total. The van der Waals surface area contributed by atoms with E-state index in [1.54, 1.807) is 0 Å². The summed E-state index contributed by atoms with van der Waals surface area (Å²) in [5.41, 5.74) is 0.870. The predicted octanol–water partition coefficient (Wildman–Crippen LogP) is 5.20. The van der Waals surface area contributed by atoms with Crippen molar-refractivity contribution in [3.05, 3.63) is 34.6 Å². The highest BCUT2D eigenvalue weighted by molar-refractivity contribution is 5.80. The first-order valence-corrected chi connectivity index (χ1v) is 16.3. The maximum atomic E-state index is 14.4. The van der Waals surface area contributed by atoms with Crippen LogP contribution in [-0.2, 0) is 4.79 Å². The average Bonchev–Trinajstić information content (AvgIpc) is 3.67. The molecule has 4 atom stereocenters. The van der Waals surface area contributed by atoms with Gasteiger partial charge >= 0.3 is 5.97 Å². The number of likely N-dealkylation sites (N-methyl/N-ethyl adjacent to an activating group) is 1. The number of carboxylic acid groups (broad SMARTS) is 1. The summed E-state index contributed by atoms with van der Waals surface area (Å²) in [5, 5.41) is 14.1. The molecule has 1 saturated heterocycles. The van der Waals surface area contributed by atoms with Gasteiger partial charge in [-0.2, -0.15) is 0 Å². The third kappa shape index (κ3) is 5.92. The lowest BCUT2D eigenvalue weighted by Gasteiger charge is -2.43. The smallest absolute Gasteiger partial charge is 0.324 e. The number of carboxylic acids is 1. The van der Waals surface area contributed by atoms with Crippen molar-refractivity contribution in [1.82, 2.24) is 19.8 Å². The molecule has 2 heterocycles. The average molecular weight is 564 g/mol. The van der Waals surface area contributed by atoms with Crippen LogP contribution in [0.4, 0.5) is 5.82 Å². The van der Waals surface area contributed by atoms with E-state index >= 15 is 0 Å². The van der Waals surface area contributed by atoms with Crippen LogP contribution in [0.5, 0.6) is 0 Å². The van der Waals surface area contributed by atoms with Crippen LogP contribution < -0.4 is 15.8 Å². The normalized spacial score (nSPS) is 29.3. The van der Waals surface area contributed by atoms with Crippen molar-refractivity contribution in [2.75, 3.05) is 32.1 Å². The Hall–Kier alpha value is -2.45. The molecule has 1 aromatic carbocycles. The van der Waals surface area contributed by atoms with Crippen LogP contribution in [0.15, 0.2) is 29.1 Å². The number of carbonyl (C=O) groups is 1. The minimum Gasteiger partial charge on any atom is -0.480 e. The third-order valence-corrected chi connectivity index (χ3v) is 11.0. The van der Waals surface area contributed by atoms with Crippen molar-refractivity contribution < 1.29 is 9.90 Å². The van der Waals surface area contributed by atoms with Gasteiger partial charge < -0.3 is 19.9 Å². The zero-order valence-electron chi connectivity index (χ0n) is 25.1. The van der Waals surface area contributed by atoms with Gasteiger partial charge in [-0.3, -0.25) is 14.5 Å². The number of nitrogens with one attached hydrogen (secondary N) is 1. The van der Waals surface area contributed by atoms with E-state index in [4.69, 9.17) is 4.98 Å². The third-order valence-electron chi connectivity index (χ3n) is 11.0. The molecule has 1 aliphatic heterocycles. The summed E-state index contributed by atoms with van der Waals surface area (Å²) in [5.74, 6) is 1.22. The fraction of sp³-hybridized carbons (Fsp3) is 0.727. The van der Waals surface area contributed by atoms with Crippen molar-refractivity contribution in [2.24, 2.45) is 11.8 Å². The van der Waals surface area contributed by atoms with E-state index in [0.29, 0.717) is 43.8 Å². The standard InChI is InChI=1S/C33H49N5O3/c1-36(2)33(32(40)41)16-18-37(19-17-33)30-31(39)38(29-13-9-8-12-28(29)35-30)27-21-24-20-23(24)14-15-26(22-27)34-25-10-6-4-3-5-7-11-25/h8-9,12-13,23-27,34H,3-7,10-11,14-22H2,1-2H3,(H,40,41)/t23?,24?,26-,27-/m0/s1. The molecular weight excluding hydrogens is 514 g/mol. The lowest BCUT2D eigenvalue weighted by molar-refractivity contribution is -0.151. The first kappa shape index (κ1) is 28.7. The minimum absolute atomic E-state index is 0.0103. The second-order valence-electron chi connectivity index (χ2n) is 13.7. The molecule has 0 bridgehead atoms. The monoisotopic (exact) mass is 563 g/mol. The Morgan fingerprint density at radius 2 is 1.63 bits per heavy atom. The summed E-state index contributed by atoms with van der Waals surface area (Å²) >= 11 is 0. The summed E-state index contributed by atoms with van der Waals surface area (Å²) in [7, 11) is 3.68. The molecule has 4 aliphatic rings. The maximum Gasteiger partial charge on any atom is 0.324 e. The van der Waals surface area contributed by atoms with Crippen LogP contribution in [0.1, 0.15) is 95.9 Å². The van der Waals surface area contributed by atoms with Crippen LogP contribution in [-0.4, -0.2) is 70.3 Å². The van der Waals surface area contributed by atoms with E-state index < -0.39 is 11.5 Å². The zero-order valence-corrected chi connectivity index (χ0v) is 25.1. The molecule has 3 saturated carbocycles. The molecule has 224 valence electrons. The molecule has 2 aromatic rings. The first-order valence-electron chi connectivity index (χ1n) is 16.3. The van der Waals surface area contributed by atoms with Gasteiger partial charge in [0.15, 0.2) is 5.82 Å². The summed E-state index contributed by atoms with van der Waals surface area (Å²) in [4.78, 5) is 35.4. The number of aliphatic carboxylic acids is 1. The molecule has 0 amide bonds. The fourth-order valence-electron chi connectivity index (χ4n) is 8.23. The summed E-state index contributed by atoms with van der Waals surface area (Å²) in [6.07, 6.45) is 16.1. The number of anilines is 1. The number of piperidine rings is 1. The number of aromatic nitrogens is 2. The van der Waals surface area contributed by atoms with Crippen LogP contribution in [0.2, 0.25) is 0 Å². The second-order valence-corrected chi connectivity index (χ2v) is 13.7. The molecule has 0 radical (unpaired) electrons. The van der Waals surface area contributed by atoms with Crippen molar-refractivity contribution in [3.8, 4) is 0 Å². The number of nitrogens with zero attached hydrogens (tertiary/aromatic N) is 4. The number of hydrogen-bond acceptors (Lipinski definition) is 6. The SMILES string of the molecule is CN(C)C1(C(=O)O)CCN(c2nc3ccccc3n([C@H]3CC4CC4CC[C@H](NC4CCCCCCC4)C3)c2=O)CC1. The van der Waals surface area contributed by atoms with Crippen molar-refractivity contribution in [1.29, 1.82) is 0 Å². The van der Waals surface area contributed by atoms with Crippen molar-refractivity contribution >= 4 is 22.8 Å². The molecule has 6 rings (SSSR count). The lowest BCUT2D eigenvalue weighted by atomic mass is 9.86. The molecule has 0 spiro atoms. The van der Waals surface area contributed by atoms with Crippen LogP contribution >= 0.6 is 0 Å². The second kappa shape index (κ2) is 12.0. The molecule has 1 aromatic heterocycles. The number of fused-ring (bicyclic) bond motifs is 2. The molecule has 2 unspecified atom stereocenters. The molecule has 8 heteroatoms. The van der Waals surface area contributed by atoms with E-state index in [0.717, 1.165) is 35.7 Å². The summed E-state index contributed by atoms with van der Waals surface area (Å²) in [6, 6.07) is 9.26. The number of para-hydroxylation sites is 2. The van der Waals surface area contributed by atoms with Gasteiger partial charge in [-0.15, -0.1) is 0 Å². The number of hydrogen-bond donors (Lipinski definition) is 2. The van der Waals surface area contributed by atoms with Crippen molar-refractivity contribution in [3.63, 3.8) is 0 Å². The van der Waals surface area contributed by atoms with Crippen LogP contribution in [0, 0.1) is 11.8 Å². The van der Waals surface area contributed by atoms with Gasteiger partial charge in [0.2, 0.25) is 0 Å². The Labute approximate surface area is 244 Å². The summed E-state index contributed by atoms with van der Waals surface area (Å²) < 4.78 is 2.09. The fourth-order valence-corrected chi connectivity index (χ4v) is 8.23. The summed E-state index contributed by atoms with van der Waals surface area (Å²) in [6.45, 7) is 1.01. The van der Waals surface area contributed by atoms with E-state index in [1.165, 1.54) is 64.2 Å². The van der Waals surface area contributed by atoms with Gasteiger partial charge in [-0.1, -0.05) is 44.2 Å². The van der Waals surface area contributed by atoms with Gasteiger partial charge in [0.05, 0.1) is 11.0 Å². The van der Waals surface area contributed by atoms with Gasteiger partial charge in [-0.05, 0) is 95.9 Å². The predicted molar refractivity (Wildman–Crippen MR) is 164 cm³/mol. The minimum atomic E-state index is -0.900. The van der Waals surface area contributed by atoms with E-state index in [-0.39, 0.29) is 11.6 Å². The van der Waals surface area contributed by atoms with Crippen LogP contribution in [0.25, 0.3) is 11.0 Å². The Bertz CT molecular complexity index is 1280. The largest absolute Gasteiger partial charge is 0.480 e. The Morgan fingerprint density at radius 3 is 2.34 bits per heavy atom. The topological polar surface area (TPSA) is 90.7 Å². The molecule has 8 nitrogen and oxygen atoms in total. The maximum absolute atomic E-state index is 14.4. The van der Waals surface area contributed by atoms with Gasteiger partial charge in [0.25, 0.3) is 5.56 Å². The van der Waals surface area contributed by atoms with E-state index in [2.05, 4.69) is 16.0 Å². The van der Waals surface area contributed by atoms with Gasteiger partial charge in [0.1, 0.15) is 5.54 Å². The van der Waals surface area contributed by atoms with E-state index in [9.17, 15) is 14.7 Å². The van der Waals surface area contributed by atoms with Gasteiger partial charge in [-0.25, -0.2) is 4.98 Å². The highest BCUT2D eigenvalue weighted by Gasteiger charge is 2.45. The quantitative estimate of drug-likeness (QED) is 0.499. The number of benzene rings is 1. The lowest BCUT2D eigenvalue weighted by Crippen LogP contribution is -2.58. The Kier molecular flexibility index (Phi) is 8.42. The first-order chi connectivity index (χ1) is 19.9. The molecule has 41 heavy (non-hydrogen) atoms. The van der Waals surface area contributed by atoms with Crippen molar-refractivity contribution in [2.45, 2.75) is 114 Å². The highest BCUT2D eigenvalue weighted by atomic mass is 16.4.